The summed E-state index contributed by atoms with van der Waals surface area (Å²) in [6, 6.07) is 7.24. The molecule has 2 N–H and O–H groups in total. The van der Waals surface area contributed by atoms with Gasteiger partial charge in [-0.1, -0.05) is 24.3 Å². The van der Waals surface area contributed by atoms with Crippen LogP contribution < -0.4 is 5.32 Å². The van der Waals surface area contributed by atoms with Crippen LogP contribution in [0.2, 0.25) is 0 Å². The highest BCUT2D eigenvalue weighted by Gasteiger charge is 2.13. The van der Waals surface area contributed by atoms with E-state index in [1.807, 2.05) is 45.0 Å². The first-order chi connectivity index (χ1) is 9.97. The Morgan fingerprint density at radius 2 is 1.81 bits per heavy atom. The van der Waals surface area contributed by atoms with Gasteiger partial charge in [-0.25, -0.2) is 9.59 Å². The van der Waals surface area contributed by atoms with Crippen LogP contribution in [0.5, 0.6) is 0 Å². The van der Waals surface area contributed by atoms with Gasteiger partial charge < -0.3 is 15.3 Å². The van der Waals surface area contributed by atoms with Crippen molar-refractivity contribution in [2.75, 3.05) is 13.1 Å². The molecule has 21 heavy (non-hydrogen) atoms. The molecule has 1 aromatic carbocycles. The number of amides is 2. The van der Waals surface area contributed by atoms with Crippen molar-refractivity contribution in [2.45, 2.75) is 26.8 Å². The SMILES string of the molecule is CCN(CC)C(=O)NC(C)c1ccc(C=CC(=O)O)cc1. The van der Waals surface area contributed by atoms with E-state index in [0.717, 1.165) is 17.2 Å². The first-order valence-corrected chi connectivity index (χ1v) is 7.04. The van der Waals surface area contributed by atoms with E-state index >= 15 is 0 Å². The second-order valence-electron chi connectivity index (χ2n) is 4.68. The van der Waals surface area contributed by atoms with Crippen LogP contribution in [-0.2, 0) is 4.79 Å². The fourth-order valence-corrected chi connectivity index (χ4v) is 1.93. The van der Waals surface area contributed by atoms with Gasteiger partial charge in [0.1, 0.15) is 0 Å². The Morgan fingerprint density at radius 3 is 2.29 bits per heavy atom. The van der Waals surface area contributed by atoms with Crippen molar-refractivity contribution in [2.24, 2.45) is 0 Å². The number of rotatable bonds is 6. The summed E-state index contributed by atoms with van der Waals surface area (Å²) < 4.78 is 0. The largest absolute Gasteiger partial charge is 0.478 e. The lowest BCUT2D eigenvalue weighted by atomic mass is 10.1. The summed E-state index contributed by atoms with van der Waals surface area (Å²) in [6.45, 7) is 7.15. The molecule has 114 valence electrons. The van der Waals surface area contributed by atoms with Crippen molar-refractivity contribution in [3.8, 4) is 0 Å². The molecule has 1 rings (SSSR count). The zero-order valence-electron chi connectivity index (χ0n) is 12.7. The molecule has 0 aliphatic carbocycles. The van der Waals surface area contributed by atoms with Crippen LogP contribution in [-0.4, -0.2) is 35.1 Å². The molecule has 0 spiro atoms. The number of carbonyl (C=O) groups is 2. The van der Waals surface area contributed by atoms with Crippen LogP contribution >= 0.6 is 0 Å². The lowest BCUT2D eigenvalue weighted by molar-refractivity contribution is -0.131. The molecule has 0 aliphatic heterocycles. The summed E-state index contributed by atoms with van der Waals surface area (Å²) in [5, 5.41) is 11.5. The maximum absolute atomic E-state index is 12.0. The van der Waals surface area contributed by atoms with Gasteiger partial charge in [0.05, 0.1) is 6.04 Å². The maximum atomic E-state index is 12.0. The molecule has 1 aromatic rings. The van der Waals surface area contributed by atoms with Crippen molar-refractivity contribution in [1.82, 2.24) is 10.2 Å². The minimum absolute atomic E-state index is 0.0812. The molecule has 0 aliphatic rings. The molecular formula is C16H22N2O3. The fourth-order valence-electron chi connectivity index (χ4n) is 1.93. The minimum Gasteiger partial charge on any atom is -0.478 e. The van der Waals surface area contributed by atoms with Crippen LogP contribution in [0.15, 0.2) is 30.3 Å². The topological polar surface area (TPSA) is 69.6 Å². The van der Waals surface area contributed by atoms with Gasteiger partial charge in [0.15, 0.2) is 0 Å². The Hall–Kier alpha value is -2.30. The molecule has 5 heteroatoms. The predicted octanol–water partition coefficient (Wildman–Crippen LogP) is 2.90. The highest BCUT2D eigenvalue weighted by atomic mass is 16.4. The number of benzene rings is 1. The number of hydrogen-bond acceptors (Lipinski definition) is 2. The summed E-state index contributed by atoms with van der Waals surface area (Å²) in [6.07, 6.45) is 2.63. The molecule has 0 bridgehead atoms. The summed E-state index contributed by atoms with van der Waals surface area (Å²) in [7, 11) is 0. The van der Waals surface area contributed by atoms with Gasteiger partial charge in [-0.05, 0) is 38.0 Å². The monoisotopic (exact) mass is 290 g/mol. The third kappa shape index (κ3) is 5.30. The minimum atomic E-state index is -0.973. The van der Waals surface area contributed by atoms with E-state index in [9.17, 15) is 9.59 Å². The standard InChI is InChI=1S/C16H22N2O3/c1-4-18(5-2)16(21)17-12(3)14-9-6-13(7-10-14)8-11-15(19)20/h6-12H,4-5H2,1-3H3,(H,17,21)(H,19,20). The number of carboxylic acids is 1. The molecule has 1 atom stereocenters. The van der Waals surface area contributed by atoms with Gasteiger partial charge in [0.2, 0.25) is 0 Å². The van der Waals surface area contributed by atoms with Crippen LogP contribution in [0.1, 0.15) is 37.9 Å². The molecule has 5 nitrogen and oxygen atoms in total. The molecule has 0 saturated carbocycles. The molecule has 0 heterocycles. The zero-order valence-corrected chi connectivity index (χ0v) is 12.7. The molecule has 0 fully saturated rings. The predicted molar refractivity (Wildman–Crippen MR) is 83.0 cm³/mol. The Kier molecular flexibility index (Phi) is 6.46. The summed E-state index contributed by atoms with van der Waals surface area (Å²) in [5.41, 5.74) is 1.78. The number of nitrogens with zero attached hydrogens (tertiary/aromatic N) is 1. The highest BCUT2D eigenvalue weighted by Crippen LogP contribution is 2.14. The second kappa shape index (κ2) is 8.09. The molecule has 0 aromatic heterocycles. The fraction of sp³-hybridized carbons (Fsp3) is 0.375. The van der Waals surface area contributed by atoms with Gasteiger partial charge in [-0.15, -0.1) is 0 Å². The third-order valence-corrected chi connectivity index (χ3v) is 3.25. The molecule has 0 saturated heterocycles. The van der Waals surface area contributed by atoms with E-state index in [1.54, 1.807) is 4.90 Å². The quantitative estimate of drug-likeness (QED) is 0.791. The van der Waals surface area contributed by atoms with E-state index in [4.69, 9.17) is 5.11 Å². The average molecular weight is 290 g/mol. The van der Waals surface area contributed by atoms with Crippen molar-refractivity contribution >= 4 is 18.1 Å². The van der Waals surface area contributed by atoms with Gasteiger partial charge in [0, 0.05) is 19.2 Å². The van der Waals surface area contributed by atoms with Gasteiger partial charge in [-0.3, -0.25) is 0 Å². The van der Waals surface area contributed by atoms with Gasteiger partial charge in [0.25, 0.3) is 0 Å². The summed E-state index contributed by atoms with van der Waals surface area (Å²) in [4.78, 5) is 24.1. The smallest absolute Gasteiger partial charge is 0.328 e. The Bertz CT molecular complexity index is 505. The van der Waals surface area contributed by atoms with Crippen molar-refractivity contribution in [3.63, 3.8) is 0 Å². The Labute approximate surface area is 125 Å². The van der Waals surface area contributed by atoms with E-state index in [0.29, 0.717) is 13.1 Å². The normalized spacial score (nSPS) is 12.1. The Morgan fingerprint density at radius 1 is 1.24 bits per heavy atom. The lowest BCUT2D eigenvalue weighted by Gasteiger charge is -2.22. The number of carboxylic acid groups (broad SMARTS) is 1. The Balaban J connectivity index is 2.69. The first kappa shape index (κ1) is 16.8. The first-order valence-electron chi connectivity index (χ1n) is 7.04. The molecular weight excluding hydrogens is 268 g/mol. The van der Waals surface area contributed by atoms with Crippen molar-refractivity contribution in [1.29, 1.82) is 0 Å². The number of carbonyl (C=O) groups excluding carboxylic acids is 1. The lowest BCUT2D eigenvalue weighted by Crippen LogP contribution is -2.40. The number of urea groups is 1. The number of hydrogen-bond donors (Lipinski definition) is 2. The summed E-state index contributed by atoms with van der Waals surface area (Å²) in [5.74, 6) is -0.973. The summed E-state index contributed by atoms with van der Waals surface area (Å²) >= 11 is 0. The molecule has 1 unspecified atom stereocenters. The molecule has 0 radical (unpaired) electrons. The van der Waals surface area contributed by atoms with E-state index in [1.165, 1.54) is 6.08 Å². The van der Waals surface area contributed by atoms with Crippen LogP contribution in [0.25, 0.3) is 6.08 Å². The highest BCUT2D eigenvalue weighted by molar-refractivity contribution is 5.85. The van der Waals surface area contributed by atoms with Crippen molar-refractivity contribution in [3.05, 3.63) is 41.5 Å². The number of nitrogens with one attached hydrogen (secondary N) is 1. The second-order valence-corrected chi connectivity index (χ2v) is 4.68. The van der Waals surface area contributed by atoms with E-state index < -0.39 is 5.97 Å². The van der Waals surface area contributed by atoms with E-state index in [2.05, 4.69) is 5.32 Å². The average Bonchev–Trinajstić information content (AvgIpc) is 2.46. The van der Waals surface area contributed by atoms with Gasteiger partial charge >= 0.3 is 12.0 Å². The maximum Gasteiger partial charge on any atom is 0.328 e. The third-order valence-electron chi connectivity index (χ3n) is 3.25. The zero-order chi connectivity index (χ0) is 15.8. The van der Waals surface area contributed by atoms with Crippen LogP contribution in [0.4, 0.5) is 4.79 Å². The number of aliphatic carboxylic acids is 1. The van der Waals surface area contributed by atoms with Crippen molar-refractivity contribution < 1.29 is 14.7 Å². The van der Waals surface area contributed by atoms with Crippen LogP contribution in [0.3, 0.4) is 0 Å². The van der Waals surface area contributed by atoms with Crippen LogP contribution in [0, 0.1) is 0 Å². The van der Waals surface area contributed by atoms with Gasteiger partial charge in [-0.2, -0.15) is 0 Å². The van der Waals surface area contributed by atoms with E-state index in [-0.39, 0.29) is 12.1 Å². The molecule has 2 amide bonds.